The molecule has 66 valence electrons. The van der Waals surface area contributed by atoms with Gasteiger partial charge < -0.3 is 9.29 Å². The zero-order valence-corrected chi connectivity index (χ0v) is 7.78. The second-order valence-corrected chi connectivity index (χ2v) is 3.99. The molecule has 0 radical (unpaired) electrons. The van der Waals surface area contributed by atoms with Crippen LogP contribution in [0.3, 0.4) is 0 Å². The van der Waals surface area contributed by atoms with Gasteiger partial charge in [0.2, 0.25) is 0 Å². The first kappa shape index (κ1) is 10.9. The number of ketones is 1. The lowest BCUT2D eigenvalue weighted by molar-refractivity contribution is -0.116. The first-order valence-electron chi connectivity index (χ1n) is 3.50. The Labute approximate surface area is 70.3 Å². The third-order valence-electron chi connectivity index (χ3n) is 1.20. The van der Waals surface area contributed by atoms with Crippen LogP contribution in [-0.4, -0.2) is 35.6 Å². The van der Waals surface area contributed by atoms with Gasteiger partial charge in [0.05, 0.1) is 13.0 Å². The van der Waals surface area contributed by atoms with Crippen molar-refractivity contribution in [1.29, 1.82) is 0 Å². The molecule has 0 aliphatic heterocycles. The fourth-order valence-electron chi connectivity index (χ4n) is 0.536. The van der Waals surface area contributed by atoms with E-state index in [0.717, 1.165) is 0 Å². The Kier molecular flexibility index (Phi) is 6.60. The molecule has 0 amide bonds. The van der Waals surface area contributed by atoms with E-state index in [1.54, 1.807) is 7.11 Å². The maximum atomic E-state index is 11.0. The van der Waals surface area contributed by atoms with Gasteiger partial charge in [-0.05, 0) is 6.92 Å². The second-order valence-electron chi connectivity index (χ2n) is 2.29. The van der Waals surface area contributed by atoms with Gasteiger partial charge in [0, 0.05) is 7.11 Å². The van der Waals surface area contributed by atoms with Crippen LogP contribution < -0.4 is 0 Å². The molecule has 1 atom stereocenters. The van der Waals surface area contributed by atoms with Crippen molar-refractivity contribution in [2.24, 2.45) is 0 Å². The first-order valence-corrected chi connectivity index (χ1v) is 4.99. The molecular formula is C7H14O3S. The highest BCUT2D eigenvalue weighted by molar-refractivity contribution is 7.91. The summed E-state index contributed by atoms with van der Waals surface area (Å²) in [5, 5.41) is 0. The molecule has 0 aromatic carbocycles. The van der Waals surface area contributed by atoms with Gasteiger partial charge in [0.15, 0.2) is 0 Å². The zero-order valence-electron chi connectivity index (χ0n) is 6.96. The van der Waals surface area contributed by atoms with Gasteiger partial charge in [-0.25, -0.2) is 0 Å². The van der Waals surface area contributed by atoms with Crippen molar-refractivity contribution in [3.05, 3.63) is 0 Å². The summed E-state index contributed by atoms with van der Waals surface area (Å²) in [5.74, 6) is 1.10. The Morgan fingerprint density at radius 1 is 1.55 bits per heavy atom. The van der Waals surface area contributed by atoms with Crippen LogP contribution in [0.2, 0.25) is 0 Å². The Bertz CT molecular complexity index is 116. The molecule has 0 aliphatic rings. The molecule has 3 nitrogen and oxygen atoms in total. The van der Waals surface area contributed by atoms with Crippen LogP contribution in [0.15, 0.2) is 0 Å². The van der Waals surface area contributed by atoms with Crippen LogP contribution in [0.1, 0.15) is 13.3 Å². The van der Waals surface area contributed by atoms with Crippen molar-refractivity contribution in [3.63, 3.8) is 0 Å². The first-order chi connectivity index (χ1) is 5.16. The average molecular weight is 178 g/mol. The Hall–Kier alpha value is -0.0600. The van der Waals surface area contributed by atoms with Crippen LogP contribution in [0, 0.1) is 0 Å². The summed E-state index contributed by atoms with van der Waals surface area (Å²) in [6.45, 7) is 2.01. The van der Waals surface area contributed by atoms with Crippen molar-refractivity contribution in [3.8, 4) is 0 Å². The summed E-state index contributed by atoms with van der Waals surface area (Å²) in [6, 6.07) is 0. The minimum Gasteiger partial charge on any atom is -0.616 e. The molecule has 11 heavy (non-hydrogen) atoms. The van der Waals surface area contributed by atoms with E-state index in [4.69, 9.17) is 4.74 Å². The zero-order chi connectivity index (χ0) is 8.69. The van der Waals surface area contributed by atoms with Gasteiger partial charge >= 0.3 is 0 Å². The van der Waals surface area contributed by atoms with Gasteiger partial charge in [-0.3, -0.25) is 4.79 Å². The minimum absolute atomic E-state index is 0.0933. The third-order valence-corrected chi connectivity index (χ3v) is 2.48. The Morgan fingerprint density at radius 3 is 2.64 bits per heavy atom. The van der Waals surface area contributed by atoms with Crippen molar-refractivity contribution in [1.82, 2.24) is 0 Å². The highest BCUT2D eigenvalue weighted by Crippen LogP contribution is 1.94. The lowest BCUT2D eigenvalue weighted by Crippen LogP contribution is -2.16. The predicted molar refractivity (Wildman–Crippen MR) is 45.1 cm³/mol. The summed E-state index contributed by atoms with van der Waals surface area (Å²) >= 11 is -0.886. The summed E-state index contributed by atoms with van der Waals surface area (Å²) in [6.07, 6.45) is 0.413. The number of carbonyl (C=O) groups excluding carboxylic acids is 1. The van der Waals surface area contributed by atoms with Crippen LogP contribution in [0.5, 0.6) is 0 Å². The van der Waals surface area contributed by atoms with E-state index in [2.05, 4.69) is 0 Å². The monoisotopic (exact) mass is 178 g/mol. The van der Waals surface area contributed by atoms with Crippen LogP contribution in [0.25, 0.3) is 0 Å². The number of rotatable bonds is 6. The van der Waals surface area contributed by atoms with Crippen LogP contribution >= 0.6 is 0 Å². The number of Topliss-reactive ketones (excluding diaryl/α,β-unsaturated/α-hetero) is 1. The fourth-order valence-corrected chi connectivity index (χ4v) is 1.61. The summed E-state index contributed by atoms with van der Waals surface area (Å²) < 4.78 is 15.7. The fraction of sp³-hybridized carbons (Fsp3) is 0.857. The molecule has 0 fully saturated rings. The molecule has 1 unspecified atom stereocenters. The highest BCUT2D eigenvalue weighted by atomic mass is 32.2. The molecule has 0 aromatic heterocycles. The summed E-state index contributed by atoms with van der Waals surface area (Å²) in [5.41, 5.74) is 0. The quantitative estimate of drug-likeness (QED) is 0.552. The highest BCUT2D eigenvalue weighted by Gasteiger charge is 2.06. The topological polar surface area (TPSA) is 49.4 Å². The van der Waals surface area contributed by atoms with E-state index in [9.17, 15) is 9.35 Å². The minimum atomic E-state index is -0.886. The van der Waals surface area contributed by atoms with E-state index in [-0.39, 0.29) is 5.78 Å². The normalized spacial score (nSPS) is 13.0. The summed E-state index contributed by atoms with van der Waals surface area (Å²) in [7, 11) is 1.57. The largest absolute Gasteiger partial charge is 0.616 e. The average Bonchev–Trinajstić information content (AvgIpc) is 1.97. The van der Waals surface area contributed by atoms with Crippen molar-refractivity contribution in [2.45, 2.75) is 13.3 Å². The lowest BCUT2D eigenvalue weighted by Gasteiger charge is -2.08. The maximum Gasteiger partial charge on any atom is 0.134 e. The molecule has 0 heterocycles. The number of hydrogen-bond donors (Lipinski definition) is 0. The predicted octanol–water partition coefficient (Wildman–Crippen LogP) is 0.361. The lowest BCUT2D eigenvalue weighted by atomic mass is 10.4. The van der Waals surface area contributed by atoms with E-state index in [1.807, 2.05) is 0 Å². The van der Waals surface area contributed by atoms with E-state index >= 15 is 0 Å². The van der Waals surface area contributed by atoms with Gasteiger partial charge in [0.1, 0.15) is 17.3 Å². The SMILES string of the molecule is COCC[S+]([O-])CCC(C)=O. The third kappa shape index (κ3) is 7.84. The molecule has 0 saturated heterocycles. The molecule has 4 heteroatoms. The van der Waals surface area contributed by atoms with E-state index in [0.29, 0.717) is 24.5 Å². The maximum absolute atomic E-state index is 11.0. The Balaban J connectivity index is 3.22. The number of hydrogen-bond acceptors (Lipinski definition) is 3. The van der Waals surface area contributed by atoms with Crippen molar-refractivity contribution < 1.29 is 14.1 Å². The van der Waals surface area contributed by atoms with E-state index in [1.165, 1.54) is 6.92 Å². The molecule has 0 aromatic rings. The van der Waals surface area contributed by atoms with Crippen molar-refractivity contribution in [2.75, 3.05) is 25.2 Å². The van der Waals surface area contributed by atoms with Gasteiger partial charge in [-0.15, -0.1) is 0 Å². The molecule has 0 bridgehead atoms. The summed E-state index contributed by atoms with van der Waals surface area (Å²) in [4.78, 5) is 10.5. The number of methoxy groups -OCH3 is 1. The molecule has 0 aliphatic carbocycles. The molecule has 0 spiro atoms. The molecule has 0 N–H and O–H groups in total. The number of ether oxygens (including phenoxy) is 1. The Morgan fingerprint density at radius 2 is 2.18 bits per heavy atom. The molecular weight excluding hydrogens is 164 g/mol. The second kappa shape index (κ2) is 6.64. The van der Waals surface area contributed by atoms with E-state index < -0.39 is 11.2 Å². The number of carbonyl (C=O) groups is 1. The molecule has 0 rings (SSSR count). The smallest absolute Gasteiger partial charge is 0.134 e. The van der Waals surface area contributed by atoms with Gasteiger partial charge in [-0.1, -0.05) is 11.2 Å². The van der Waals surface area contributed by atoms with Crippen LogP contribution in [0.4, 0.5) is 0 Å². The standard InChI is InChI=1S/C7H14O3S/c1-7(8)3-5-11(9)6-4-10-2/h3-6H2,1-2H3. The van der Waals surface area contributed by atoms with Gasteiger partial charge in [-0.2, -0.15) is 0 Å². The van der Waals surface area contributed by atoms with Gasteiger partial charge in [0.25, 0.3) is 0 Å². The van der Waals surface area contributed by atoms with Crippen LogP contribution in [-0.2, 0) is 20.7 Å². The molecule has 0 saturated carbocycles. The van der Waals surface area contributed by atoms with Crippen molar-refractivity contribution >= 4 is 17.0 Å².